The summed E-state index contributed by atoms with van der Waals surface area (Å²) in [5.74, 6) is -1.23. The average Bonchev–Trinajstić information content (AvgIpc) is 3.12. The zero-order valence-electron chi connectivity index (χ0n) is 21.0. The zero-order valence-corrected chi connectivity index (χ0v) is 21.0. The third-order valence-corrected chi connectivity index (χ3v) is 7.32. The Kier molecular flexibility index (Phi) is 8.03. The number of rotatable bonds is 9. The van der Waals surface area contributed by atoms with Gasteiger partial charge >= 0.3 is 0 Å². The molecule has 3 aliphatic rings. The van der Waals surface area contributed by atoms with Crippen LogP contribution in [0, 0.1) is 5.92 Å². The van der Waals surface area contributed by atoms with Crippen LogP contribution >= 0.6 is 0 Å². The van der Waals surface area contributed by atoms with Crippen molar-refractivity contribution in [1.29, 1.82) is 0 Å². The van der Waals surface area contributed by atoms with Crippen molar-refractivity contribution in [3.63, 3.8) is 0 Å². The number of nitrogens with zero attached hydrogens (tertiary/aromatic N) is 3. The Balaban J connectivity index is 1.25. The molecule has 0 aromatic heterocycles. The lowest BCUT2D eigenvalue weighted by Gasteiger charge is -2.36. The highest BCUT2D eigenvalue weighted by atomic mass is 16.5. The fourth-order valence-electron chi connectivity index (χ4n) is 5.11. The van der Waals surface area contributed by atoms with Crippen LogP contribution in [0.4, 0.5) is 0 Å². The lowest BCUT2D eigenvalue weighted by atomic mass is 10.0. The second-order valence-corrected chi connectivity index (χ2v) is 9.54. The van der Waals surface area contributed by atoms with Crippen LogP contribution in [0.1, 0.15) is 66.7 Å². The molecule has 3 heterocycles. The van der Waals surface area contributed by atoms with Gasteiger partial charge in [0.2, 0.25) is 17.7 Å². The van der Waals surface area contributed by atoms with Crippen LogP contribution in [-0.2, 0) is 14.4 Å². The fourth-order valence-corrected chi connectivity index (χ4v) is 5.11. The summed E-state index contributed by atoms with van der Waals surface area (Å²) < 4.78 is 5.84. The number of nitrogens with one attached hydrogen (secondary N) is 1. The lowest BCUT2D eigenvalue weighted by molar-refractivity contribution is -0.138. The van der Waals surface area contributed by atoms with Gasteiger partial charge in [-0.2, -0.15) is 0 Å². The number of benzene rings is 1. The molecule has 1 aromatic rings. The molecule has 4 rings (SSSR count). The first-order chi connectivity index (χ1) is 17.3. The van der Waals surface area contributed by atoms with Gasteiger partial charge in [-0.15, -0.1) is 0 Å². The van der Waals surface area contributed by atoms with E-state index in [0.29, 0.717) is 12.4 Å². The number of imide groups is 2. The van der Waals surface area contributed by atoms with Crippen molar-refractivity contribution in [1.82, 2.24) is 20.0 Å². The number of hydrogen-bond donors (Lipinski definition) is 1. The number of hydrogen-bond acceptors (Lipinski definition) is 7. The summed E-state index contributed by atoms with van der Waals surface area (Å²) in [5.41, 5.74) is 0.443. The highest BCUT2D eigenvalue weighted by Crippen LogP contribution is 2.30. The Labute approximate surface area is 210 Å². The Bertz CT molecular complexity index is 1040. The minimum Gasteiger partial charge on any atom is -0.494 e. The van der Waals surface area contributed by atoms with Crippen LogP contribution in [-0.4, -0.2) is 89.6 Å². The van der Waals surface area contributed by atoms with E-state index in [1.165, 1.54) is 0 Å². The molecule has 0 radical (unpaired) electrons. The molecule has 1 aromatic carbocycles. The van der Waals surface area contributed by atoms with Gasteiger partial charge < -0.3 is 9.64 Å². The van der Waals surface area contributed by atoms with E-state index >= 15 is 0 Å². The first-order valence-corrected chi connectivity index (χ1v) is 12.8. The maximum absolute atomic E-state index is 12.9. The van der Waals surface area contributed by atoms with Gasteiger partial charge in [0.15, 0.2) is 0 Å². The number of carbonyl (C=O) groups is 5. The van der Waals surface area contributed by atoms with Crippen LogP contribution in [0.3, 0.4) is 0 Å². The van der Waals surface area contributed by atoms with Crippen molar-refractivity contribution < 1.29 is 28.7 Å². The van der Waals surface area contributed by atoms with Gasteiger partial charge in [-0.05, 0) is 43.9 Å². The molecule has 2 saturated heterocycles. The van der Waals surface area contributed by atoms with Crippen molar-refractivity contribution in [3.05, 3.63) is 29.3 Å². The normalized spacial score (nSPS) is 20.7. The minimum absolute atomic E-state index is 0.0848. The fraction of sp³-hybridized carbons (Fsp3) is 0.577. The Morgan fingerprint density at radius 1 is 1.03 bits per heavy atom. The summed E-state index contributed by atoms with van der Waals surface area (Å²) in [6.07, 6.45) is 2.75. The summed E-state index contributed by atoms with van der Waals surface area (Å²) in [4.78, 5) is 67.1. The monoisotopic (exact) mass is 498 g/mol. The van der Waals surface area contributed by atoms with Crippen molar-refractivity contribution in [2.45, 2.75) is 52.0 Å². The lowest BCUT2D eigenvalue weighted by Crippen LogP contribution is -2.54. The summed E-state index contributed by atoms with van der Waals surface area (Å²) in [6, 6.07) is 3.77. The van der Waals surface area contributed by atoms with E-state index < -0.39 is 29.7 Å². The van der Waals surface area contributed by atoms with E-state index in [1.807, 2.05) is 4.90 Å². The molecule has 10 nitrogen and oxygen atoms in total. The molecule has 0 aliphatic carbocycles. The van der Waals surface area contributed by atoms with Crippen LogP contribution in [0.5, 0.6) is 5.75 Å². The maximum Gasteiger partial charge on any atom is 0.262 e. The van der Waals surface area contributed by atoms with E-state index in [4.69, 9.17) is 4.74 Å². The molecular weight excluding hydrogens is 464 g/mol. The molecule has 36 heavy (non-hydrogen) atoms. The van der Waals surface area contributed by atoms with Crippen molar-refractivity contribution >= 4 is 29.5 Å². The van der Waals surface area contributed by atoms with E-state index in [-0.39, 0.29) is 35.8 Å². The van der Waals surface area contributed by atoms with Gasteiger partial charge in [-0.3, -0.25) is 39.1 Å². The Morgan fingerprint density at radius 2 is 1.72 bits per heavy atom. The van der Waals surface area contributed by atoms with Crippen molar-refractivity contribution in [2.24, 2.45) is 5.92 Å². The molecule has 0 bridgehead atoms. The Hall–Kier alpha value is -3.27. The van der Waals surface area contributed by atoms with E-state index in [0.717, 1.165) is 56.9 Å². The van der Waals surface area contributed by atoms with Crippen LogP contribution in [0.25, 0.3) is 0 Å². The molecule has 2 fully saturated rings. The van der Waals surface area contributed by atoms with Gasteiger partial charge in [-0.25, -0.2) is 0 Å². The van der Waals surface area contributed by atoms with Gasteiger partial charge in [-0.1, -0.05) is 13.8 Å². The maximum atomic E-state index is 12.9. The molecule has 3 aliphatic heterocycles. The average molecular weight is 499 g/mol. The largest absolute Gasteiger partial charge is 0.494 e. The summed E-state index contributed by atoms with van der Waals surface area (Å²) in [6.45, 7) is 8.61. The predicted molar refractivity (Wildman–Crippen MR) is 130 cm³/mol. The van der Waals surface area contributed by atoms with E-state index in [1.54, 1.807) is 18.2 Å². The molecule has 10 heteroatoms. The molecule has 5 amide bonds. The van der Waals surface area contributed by atoms with Crippen LogP contribution in [0.2, 0.25) is 0 Å². The SMILES string of the molecule is CCC(CC)C(=O)N1CCN(CCCOc2ccc3c(c2)C(=O)N(C2CCC(=O)NC2=O)C3=O)CC1. The third kappa shape index (κ3) is 5.28. The molecule has 194 valence electrons. The standard InChI is InChI=1S/C26H34N4O6/c1-3-17(4-2)24(33)29-13-11-28(12-14-29)10-5-15-36-18-6-7-19-20(16-18)26(35)30(25(19)34)21-8-9-22(31)27-23(21)32/h6-7,16-17,21H,3-5,8-15H2,1-2H3,(H,27,31,32). The number of piperazine rings is 1. The first-order valence-electron chi connectivity index (χ1n) is 12.8. The Morgan fingerprint density at radius 3 is 2.39 bits per heavy atom. The number of carbonyl (C=O) groups excluding carboxylic acids is 5. The second kappa shape index (κ2) is 11.2. The summed E-state index contributed by atoms with van der Waals surface area (Å²) in [5, 5.41) is 2.19. The number of amides is 5. The van der Waals surface area contributed by atoms with Gasteiger partial charge in [0, 0.05) is 45.1 Å². The quantitative estimate of drug-likeness (QED) is 0.405. The zero-order chi connectivity index (χ0) is 25.8. The minimum atomic E-state index is -0.981. The number of piperidine rings is 1. The molecule has 1 unspecified atom stereocenters. The second-order valence-electron chi connectivity index (χ2n) is 9.54. The van der Waals surface area contributed by atoms with Gasteiger partial charge in [0.1, 0.15) is 11.8 Å². The highest BCUT2D eigenvalue weighted by molar-refractivity contribution is 6.23. The summed E-state index contributed by atoms with van der Waals surface area (Å²) in [7, 11) is 0. The highest BCUT2D eigenvalue weighted by Gasteiger charge is 2.44. The summed E-state index contributed by atoms with van der Waals surface area (Å²) >= 11 is 0. The molecule has 1 atom stereocenters. The molecular formula is C26H34N4O6. The molecule has 0 spiro atoms. The smallest absolute Gasteiger partial charge is 0.262 e. The van der Waals surface area contributed by atoms with E-state index in [9.17, 15) is 24.0 Å². The molecule has 1 N–H and O–H groups in total. The molecule has 0 saturated carbocycles. The van der Waals surface area contributed by atoms with Gasteiger partial charge in [0.25, 0.3) is 11.8 Å². The third-order valence-electron chi connectivity index (χ3n) is 7.32. The predicted octanol–water partition coefficient (Wildman–Crippen LogP) is 1.44. The number of fused-ring (bicyclic) bond motifs is 1. The van der Waals surface area contributed by atoms with Gasteiger partial charge in [0.05, 0.1) is 17.7 Å². The van der Waals surface area contributed by atoms with E-state index in [2.05, 4.69) is 24.1 Å². The van der Waals surface area contributed by atoms with Crippen molar-refractivity contribution in [2.75, 3.05) is 39.3 Å². The topological polar surface area (TPSA) is 116 Å². The first kappa shape index (κ1) is 25.8. The van der Waals surface area contributed by atoms with Crippen LogP contribution in [0.15, 0.2) is 18.2 Å². The van der Waals surface area contributed by atoms with Crippen LogP contribution < -0.4 is 10.1 Å². The number of ether oxygens (including phenoxy) is 1. The van der Waals surface area contributed by atoms with Crippen molar-refractivity contribution in [3.8, 4) is 5.75 Å².